The molecule has 0 aliphatic carbocycles. The van der Waals surface area contributed by atoms with Gasteiger partial charge in [0.15, 0.2) is 4.77 Å². The maximum atomic E-state index is 12.4. The monoisotopic (exact) mass is 338 g/mol. The average molecular weight is 338 g/mol. The number of aromatic nitrogens is 2. The van der Waals surface area contributed by atoms with Crippen LogP contribution in [0.5, 0.6) is 0 Å². The normalized spacial score (nSPS) is 10.4. The van der Waals surface area contributed by atoms with Crippen molar-refractivity contribution in [2.75, 3.05) is 24.3 Å². The molecule has 2 N–H and O–H groups in total. The number of carbonyl (C=O) groups excluding carboxylic acids is 1. The lowest BCUT2D eigenvalue weighted by atomic mass is 10.2. The maximum absolute atomic E-state index is 12.4. The molecule has 0 bridgehead atoms. The highest BCUT2D eigenvalue weighted by Crippen LogP contribution is 2.17. The van der Waals surface area contributed by atoms with Crippen molar-refractivity contribution in [1.29, 1.82) is 0 Å². The number of imidazole rings is 1. The van der Waals surface area contributed by atoms with Gasteiger partial charge in [-0.3, -0.25) is 9.36 Å². The summed E-state index contributed by atoms with van der Waals surface area (Å²) >= 11 is 5.22. The number of hydrogen-bond acceptors (Lipinski definition) is 3. The van der Waals surface area contributed by atoms with Crippen LogP contribution in [-0.4, -0.2) is 29.6 Å². The molecular formula is C18H18N4OS. The first-order valence-corrected chi connectivity index (χ1v) is 7.90. The fourth-order valence-corrected chi connectivity index (χ4v) is 2.61. The van der Waals surface area contributed by atoms with Crippen LogP contribution >= 0.6 is 12.2 Å². The van der Waals surface area contributed by atoms with Crippen LogP contribution in [-0.2, 0) is 0 Å². The number of rotatable bonds is 4. The first kappa shape index (κ1) is 16.0. The molecule has 5 nitrogen and oxygen atoms in total. The number of anilines is 2. The Kier molecular flexibility index (Phi) is 4.48. The lowest BCUT2D eigenvalue weighted by Crippen LogP contribution is -2.13. The zero-order valence-electron chi connectivity index (χ0n) is 13.5. The number of amides is 1. The zero-order chi connectivity index (χ0) is 17.1. The minimum atomic E-state index is -0.143. The Bertz CT molecular complexity index is 909. The summed E-state index contributed by atoms with van der Waals surface area (Å²) in [6.07, 6.45) is 3.63. The molecule has 3 rings (SSSR count). The van der Waals surface area contributed by atoms with Crippen LogP contribution in [0.3, 0.4) is 0 Å². The Morgan fingerprint density at radius 2 is 1.92 bits per heavy atom. The van der Waals surface area contributed by atoms with Gasteiger partial charge in [-0.15, -0.1) is 0 Å². The molecule has 6 heteroatoms. The molecule has 1 amide bonds. The van der Waals surface area contributed by atoms with Crippen molar-refractivity contribution in [3.8, 4) is 5.69 Å². The first-order valence-electron chi connectivity index (χ1n) is 7.50. The van der Waals surface area contributed by atoms with Crippen molar-refractivity contribution in [3.05, 3.63) is 71.3 Å². The summed E-state index contributed by atoms with van der Waals surface area (Å²) in [5.41, 5.74) is 3.28. The topological polar surface area (TPSA) is 53.1 Å². The third-order valence-electron chi connectivity index (χ3n) is 3.68. The lowest BCUT2D eigenvalue weighted by Gasteiger charge is -2.13. The fourth-order valence-electron chi connectivity index (χ4n) is 2.37. The van der Waals surface area contributed by atoms with Crippen LogP contribution in [0, 0.1) is 4.77 Å². The predicted octanol–water partition coefficient (Wildman–Crippen LogP) is 3.85. The summed E-state index contributed by atoms with van der Waals surface area (Å²) < 4.78 is 2.45. The number of carbonyl (C=O) groups is 1. The molecule has 1 heterocycles. The molecule has 24 heavy (non-hydrogen) atoms. The highest BCUT2D eigenvalue weighted by molar-refractivity contribution is 7.71. The fraction of sp³-hybridized carbons (Fsp3) is 0.111. The summed E-state index contributed by atoms with van der Waals surface area (Å²) in [7, 11) is 3.93. The Balaban J connectivity index is 1.80. The van der Waals surface area contributed by atoms with Crippen LogP contribution in [0.4, 0.5) is 11.4 Å². The van der Waals surface area contributed by atoms with Crippen molar-refractivity contribution in [2.45, 2.75) is 0 Å². The van der Waals surface area contributed by atoms with E-state index in [9.17, 15) is 4.79 Å². The highest BCUT2D eigenvalue weighted by atomic mass is 32.1. The Morgan fingerprint density at radius 1 is 1.17 bits per heavy atom. The van der Waals surface area contributed by atoms with E-state index in [2.05, 4.69) is 10.3 Å². The largest absolute Gasteiger partial charge is 0.378 e. The van der Waals surface area contributed by atoms with Gasteiger partial charge in [0.05, 0.1) is 0 Å². The van der Waals surface area contributed by atoms with E-state index in [1.54, 1.807) is 6.20 Å². The van der Waals surface area contributed by atoms with E-state index in [0.717, 1.165) is 17.1 Å². The minimum absolute atomic E-state index is 0.143. The molecule has 2 aromatic carbocycles. The van der Waals surface area contributed by atoms with Crippen molar-refractivity contribution in [3.63, 3.8) is 0 Å². The van der Waals surface area contributed by atoms with Crippen molar-refractivity contribution < 1.29 is 4.79 Å². The second kappa shape index (κ2) is 6.72. The molecule has 0 radical (unpaired) electrons. The summed E-state index contributed by atoms with van der Waals surface area (Å²) in [5, 5.41) is 2.92. The van der Waals surface area contributed by atoms with E-state index in [-0.39, 0.29) is 5.91 Å². The van der Waals surface area contributed by atoms with E-state index >= 15 is 0 Å². The van der Waals surface area contributed by atoms with Crippen LogP contribution in [0.1, 0.15) is 10.4 Å². The average Bonchev–Trinajstić information content (AvgIpc) is 3.01. The molecule has 0 spiro atoms. The number of nitrogens with one attached hydrogen (secondary N) is 2. The molecule has 0 saturated carbocycles. The maximum Gasteiger partial charge on any atom is 0.255 e. The Hall–Kier alpha value is -2.86. The SMILES string of the molecule is CN(C)c1ccc(C(=O)Nc2cccc(-n3cc[nH]c3=S)c2)cc1. The summed E-state index contributed by atoms with van der Waals surface area (Å²) in [5.74, 6) is -0.143. The number of nitrogens with zero attached hydrogens (tertiary/aromatic N) is 2. The molecule has 0 aliphatic heterocycles. The second-order valence-corrected chi connectivity index (χ2v) is 5.97. The first-order chi connectivity index (χ1) is 11.5. The van der Waals surface area contributed by atoms with Gasteiger partial charge in [0.25, 0.3) is 5.91 Å². The summed E-state index contributed by atoms with van der Waals surface area (Å²) in [6, 6.07) is 15.0. The molecule has 0 unspecified atom stereocenters. The molecule has 1 aromatic heterocycles. The zero-order valence-corrected chi connectivity index (χ0v) is 14.3. The van der Waals surface area contributed by atoms with Gasteiger partial charge in [0.2, 0.25) is 0 Å². The molecule has 0 fully saturated rings. The lowest BCUT2D eigenvalue weighted by molar-refractivity contribution is 0.102. The van der Waals surface area contributed by atoms with Gasteiger partial charge in [-0.1, -0.05) is 6.07 Å². The van der Waals surface area contributed by atoms with E-state index in [4.69, 9.17) is 12.2 Å². The van der Waals surface area contributed by atoms with Crippen molar-refractivity contribution in [2.24, 2.45) is 0 Å². The van der Waals surface area contributed by atoms with E-state index in [0.29, 0.717) is 10.3 Å². The van der Waals surface area contributed by atoms with Gasteiger partial charge in [-0.25, -0.2) is 0 Å². The van der Waals surface area contributed by atoms with Crippen molar-refractivity contribution in [1.82, 2.24) is 9.55 Å². The van der Waals surface area contributed by atoms with Crippen molar-refractivity contribution >= 4 is 29.5 Å². The van der Waals surface area contributed by atoms with Gasteiger partial charge in [-0.05, 0) is 54.7 Å². The van der Waals surface area contributed by atoms with E-state index in [1.165, 1.54) is 0 Å². The quantitative estimate of drug-likeness (QED) is 0.711. The van der Waals surface area contributed by atoms with Gasteiger partial charge in [0.1, 0.15) is 0 Å². The minimum Gasteiger partial charge on any atom is -0.378 e. The summed E-state index contributed by atoms with van der Waals surface area (Å²) in [6.45, 7) is 0. The Morgan fingerprint density at radius 3 is 2.54 bits per heavy atom. The molecule has 0 aliphatic rings. The Labute approximate surface area is 145 Å². The van der Waals surface area contributed by atoms with Gasteiger partial charge in [-0.2, -0.15) is 0 Å². The van der Waals surface area contributed by atoms with Crippen LogP contribution in [0.2, 0.25) is 0 Å². The third-order valence-corrected chi connectivity index (χ3v) is 3.99. The molecular weight excluding hydrogens is 320 g/mol. The van der Waals surface area contributed by atoms with E-state index in [1.807, 2.05) is 78.3 Å². The molecule has 0 atom stereocenters. The number of H-pyrrole nitrogens is 1. The predicted molar refractivity (Wildman–Crippen MR) is 99.7 cm³/mol. The van der Waals surface area contributed by atoms with Crippen LogP contribution in [0.15, 0.2) is 60.9 Å². The molecule has 0 saturated heterocycles. The van der Waals surface area contributed by atoms with Gasteiger partial charge in [0, 0.05) is 49.1 Å². The number of aromatic amines is 1. The van der Waals surface area contributed by atoms with Gasteiger partial charge >= 0.3 is 0 Å². The standard InChI is InChI=1S/C18H18N4OS/c1-21(2)15-8-6-13(7-9-15)17(23)20-14-4-3-5-16(12-14)22-11-10-19-18(22)24/h3-12H,1-2H3,(H,19,24)(H,20,23). The van der Waals surface area contributed by atoms with Crippen LogP contribution < -0.4 is 10.2 Å². The third kappa shape index (κ3) is 3.38. The summed E-state index contributed by atoms with van der Waals surface area (Å²) in [4.78, 5) is 17.3. The van der Waals surface area contributed by atoms with Gasteiger partial charge < -0.3 is 15.2 Å². The molecule has 122 valence electrons. The highest BCUT2D eigenvalue weighted by Gasteiger charge is 2.07. The number of hydrogen-bond donors (Lipinski definition) is 2. The van der Waals surface area contributed by atoms with Crippen LogP contribution in [0.25, 0.3) is 5.69 Å². The second-order valence-electron chi connectivity index (χ2n) is 5.58. The molecule has 3 aromatic rings. The van der Waals surface area contributed by atoms with E-state index < -0.39 is 0 Å². The number of benzene rings is 2. The smallest absolute Gasteiger partial charge is 0.255 e.